The molecular formula is C22H19N3O2S. The maximum absolute atomic E-state index is 13.3. The summed E-state index contributed by atoms with van der Waals surface area (Å²) in [5.41, 5.74) is 3.44. The Bertz CT molecular complexity index is 1110. The lowest BCUT2D eigenvalue weighted by Gasteiger charge is -2.19. The van der Waals surface area contributed by atoms with E-state index in [0.29, 0.717) is 23.0 Å². The smallest absolute Gasteiger partial charge is 0.260 e. The Hall–Kier alpha value is -3.25. The molecule has 0 saturated heterocycles. The van der Waals surface area contributed by atoms with Crippen molar-refractivity contribution in [3.05, 3.63) is 83.7 Å². The summed E-state index contributed by atoms with van der Waals surface area (Å²) in [6.07, 6.45) is 1.73. The number of aromatic nitrogens is 2. The van der Waals surface area contributed by atoms with Gasteiger partial charge < -0.3 is 4.74 Å². The topological polar surface area (TPSA) is 55.3 Å². The minimum absolute atomic E-state index is 0.121. The van der Waals surface area contributed by atoms with Crippen molar-refractivity contribution in [2.24, 2.45) is 0 Å². The lowest BCUT2D eigenvalue weighted by molar-refractivity contribution is 0.0985. The van der Waals surface area contributed by atoms with E-state index < -0.39 is 0 Å². The van der Waals surface area contributed by atoms with Crippen molar-refractivity contribution in [3.8, 4) is 5.75 Å². The predicted octanol–water partition coefficient (Wildman–Crippen LogP) is 4.86. The monoisotopic (exact) mass is 389 g/mol. The fourth-order valence-corrected chi connectivity index (χ4v) is 3.97. The summed E-state index contributed by atoms with van der Waals surface area (Å²) < 4.78 is 6.25. The highest BCUT2D eigenvalue weighted by molar-refractivity contribution is 7.22. The van der Waals surface area contributed by atoms with Crippen LogP contribution in [0.2, 0.25) is 0 Å². The quantitative estimate of drug-likeness (QED) is 0.489. The van der Waals surface area contributed by atoms with Gasteiger partial charge in [0.15, 0.2) is 5.13 Å². The molecule has 4 aromatic rings. The molecule has 6 heteroatoms. The van der Waals surface area contributed by atoms with Crippen LogP contribution in [-0.2, 0) is 6.54 Å². The largest absolute Gasteiger partial charge is 0.497 e. The van der Waals surface area contributed by atoms with E-state index in [1.54, 1.807) is 42.5 Å². The zero-order valence-electron chi connectivity index (χ0n) is 15.6. The first-order chi connectivity index (χ1) is 13.6. The summed E-state index contributed by atoms with van der Waals surface area (Å²) in [5, 5.41) is 0.659. The number of amides is 1. The zero-order valence-corrected chi connectivity index (χ0v) is 16.4. The second kappa shape index (κ2) is 7.78. The maximum Gasteiger partial charge on any atom is 0.260 e. The number of anilines is 1. The van der Waals surface area contributed by atoms with Crippen molar-refractivity contribution in [2.45, 2.75) is 13.5 Å². The van der Waals surface area contributed by atoms with Gasteiger partial charge in [0.1, 0.15) is 5.75 Å². The Labute approximate surface area is 167 Å². The van der Waals surface area contributed by atoms with Crippen molar-refractivity contribution in [1.29, 1.82) is 0 Å². The molecule has 2 aromatic carbocycles. The number of ether oxygens (including phenoxy) is 1. The molecule has 5 nitrogen and oxygen atoms in total. The highest BCUT2D eigenvalue weighted by atomic mass is 32.1. The zero-order chi connectivity index (χ0) is 19.5. The Balaban J connectivity index is 1.74. The van der Waals surface area contributed by atoms with Crippen LogP contribution in [0.4, 0.5) is 5.13 Å². The Morgan fingerprint density at radius 1 is 1.11 bits per heavy atom. The van der Waals surface area contributed by atoms with Crippen molar-refractivity contribution in [1.82, 2.24) is 9.97 Å². The summed E-state index contributed by atoms with van der Waals surface area (Å²) >= 11 is 1.51. The summed E-state index contributed by atoms with van der Waals surface area (Å²) in [7, 11) is 1.60. The number of fused-ring (bicyclic) bond motifs is 1. The van der Waals surface area contributed by atoms with Crippen LogP contribution in [0.25, 0.3) is 10.2 Å². The molecule has 0 atom stereocenters. The number of nitrogens with zero attached hydrogens (tertiary/aromatic N) is 3. The van der Waals surface area contributed by atoms with E-state index in [-0.39, 0.29) is 5.91 Å². The van der Waals surface area contributed by atoms with Gasteiger partial charge in [0.05, 0.1) is 29.6 Å². The number of benzene rings is 2. The first-order valence-corrected chi connectivity index (χ1v) is 9.69. The van der Waals surface area contributed by atoms with Crippen molar-refractivity contribution in [3.63, 3.8) is 0 Å². The van der Waals surface area contributed by atoms with Crippen molar-refractivity contribution >= 4 is 32.6 Å². The number of thiazole rings is 1. The van der Waals surface area contributed by atoms with E-state index in [4.69, 9.17) is 9.72 Å². The number of hydrogen-bond donors (Lipinski definition) is 0. The molecule has 1 amide bonds. The first kappa shape index (κ1) is 18.1. The molecule has 140 valence electrons. The van der Waals surface area contributed by atoms with Gasteiger partial charge in [-0.3, -0.25) is 14.7 Å². The van der Waals surface area contributed by atoms with E-state index in [1.165, 1.54) is 16.9 Å². The number of aryl methyl sites for hydroxylation is 1. The fourth-order valence-electron chi connectivity index (χ4n) is 2.90. The molecular weight excluding hydrogens is 370 g/mol. The van der Waals surface area contributed by atoms with Crippen LogP contribution in [0.5, 0.6) is 5.75 Å². The van der Waals surface area contributed by atoms with E-state index >= 15 is 0 Å². The van der Waals surface area contributed by atoms with Gasteiger partial charge in [0, 0.05) is 11.8 Å². The van der Waals surface area contributed by atoms with Gasteiger partial charge in [-0.25, -0.2) is 4.98 Å². The third-order valence-electron chi connectivity index (χ3n) is 4.39. The average molecular weight is 389 g/mol. The van der Waals surface area contributed by atoms with Crippen LogP contribution < -0.4 is 9.64 Å². The highest BCUT2D eigenvalue weighted by Crippen LogP contribution is 2.31. The summed E-state index contributed by atoms with van der Waals surface area (Å²) in [4.78, 5) is 24.1. The number of pyridine rings is 1. The van der Waals surface area contributed by atoms with Crippen LogP contribution in [0.3, 0.4) is 0 Å². The molecule has 0 bridgehead atoms. The van der Waals surface area contributed by atoms with Crippen LogP contribution in [0.1, 0.15) is 21.6 Å². The molecule has 0 radical (unpaired) electrons. The summed E-state index contributed by atoms with van der Waals surface area (Å²) in [6.45, 7) is 2.40. The molecule has 0 fully saturated rings. The van der Waals surface area contributed by atoms with Gasteiger partial charge in [-0.1, -0.05) is 23.5 Å². The molecule has 2 heterocycles. The van der Waals surface area contributed by atoms with Gasteiger partial charge >= 0.3 is 0 Å². The normalized spacial score (nSPS) is 10.8. The van der Waals surface area contributed by atoms with E-state index in [1.807, 2.05) is 37.3 Å². The van der Waals surface area contributed by atoms with Gasteiger partial charge in [-0.05, 0) is 61.0 Å². The number of rotatable bonds is 5. The SMILES string of the molecule is COc1ccc(C(=O)N(Cc2ccccn2)c2nc3ccc(C)cc3s2)cc1. The maximum atomic E-state index is 13.3. The molecule has 0 aliphatic rings. The molecule has 0 spiro atoms. The predicted molar refractivity (Wildman–Crippen MR) is 112 cm³/mol. The van der Waals surface area contributed by atoms with E-state index in [9.17, 15) is 4.79 Å². The third-order valence-corrected chi connectivity index (χ3v) is 5.43. The lowest BCUT2D eigenvalue weighted by Crippen LogP contribution is -2.30. The fraction of sp³-hybridized carbons (Fsp3) is 0.136. The van der Waals surface area contributed by atoms with Gasteiger partial charge in [0.2, 0.25) is 0 Å². The van der Waals surface area contributed by atoms with Crippen LogP contribution >= 0.6 is 11.3 Å². The summed E-state index contributed by atoms with van der Waals surface area (Å²) in [5.74, 6) is 0.590. The Morgan fingerprint density at radius 2 is 1.93 bits per heavy atom. The Morgan fingerprint density at radius 3 is 2.64 bits per heavy atom. The van der Waals surface area contributed by atoms with Gasteiger partial charge in [0.25, 0.3) is 5.91 Å². The van der Waals surface area contributed by atoms with E-state index in [2.05, 4.69) is 11.1 Å². The number of carbonyl (C=O) groups excluding carboxylic acids is 1. The third kappa shape index (κ3) is 3.73. The molecule has 0 saturated carbocycles. The molecule has 2 aromatic heterocycles. The van der Waals surface area contributed by atoms with Crippen molar-refractivity contribution < 1.29 is 9.53 Å². The first-order valence-electron chi connectivity index (χ1n) is 8.87. The van der Waals surface area contributed by atoms with Crippen LogP contribution in [0.15, 0.2) is 66.9 Å². The van der Waals surface area contributed by atoms with Crippen molar-refractivity contribution in [2.75, 3.05) is 12.0 Å². The lowest BCUT2D eigenvalue weighted by atomic mass is 10.2. The number of hydrogen-bond acceptors (Lipinski definition) is 5. The minimum Gasteiger partial charge on any atom is -0.497 e. The van der Waals surface area contributed by atoms with Gasteiger partial charge in [-0.2, -0.15) is 0 Å². The molecule has 28 heavy (non-hydrogen) atoms. The van der Waals surface area contributed by atoms with Crippen LogP contribution in [0, 0.1) is 6.92 Å². The highest BCUT2D eigenvalue weighted by Gasteiger charge is 2.22. The van der Waals surface area contributed by atoms with E-state index in [0.717, 1.165) is 15.9 Å². The molecule has 0 N–H and O–H groups in total. The van der Waals surface area contributed by atoms with Crippen LogP contribution in [-0.4, -0.2) is 23.0 Å². The minimum atomic E-state index is -0.121. The summed E-state index contributed by atoms with van der Waals surface area (Å²) in [6, 6.07) is 18.9. The number of methoxy groups -OCH3 is 1. The number of carbonyl (C=O) groups is 1. The molecule has 4 rings (SSSR count). The standard InChI is InChI=1S/C22H19N3O2S/c1-15-6-11-19-20(13-15)28-22(24-19)25(14-17-5-3-4-12-23-17)21(26)16-7-9-18(27-2)10-8-16/h3-13H,14H2,1-2H3. The van der Waals surface area contributed by atoms with Gasteiger partial charge in [-0.15, -0.1) is 0 Å². The Kier molecular flexibility index (Phi) is 5.04. The molecule has 0 unspecified atom stereocenters. The second-order valence-corrected chi connectivity index (χ2v) is 7.42. The molecule has 0 aliphatic heterocycles. The second-order valence-electron chi connectivity index (χ2n) is 6.41. The molecule has 0 aliphatic carbocycles. The average Bonchev–Trinajstić information content (AvgIpc) is 3.15.